The van der Waals surface area contributed by atoms with Crippen molar-refractivity contribution in [2.45, 2.75) is 25.9 Å². The van der Waals surface area contributed by atoms with Crippen LogP contribution in [0.15, 0.2) is 66.7 Å². The fraction of sp³-hybridized carbons (Fsp3) is 0.125. The highest BCUT2D eigenvalue weighted by molar-refractivity contribution is 5.85. The van der Waals surface area contributed by atoms with E-state index >= 15 is 8.78 Å². The molecule has 0 aromatic heterocycles. The molecular formula is C32H18F10O. The maximum Gasteiger partial charge on any atom is 0.429 e. The molecule has 0 N–H and O–H groups in total. The van der Waals surface area contributed by atoms with Gasteiger partial charge in [0.25, 0.3) is 0 Å². The van der Waals surface area contributed by atoms with Gasteiger partial charge in [-0.2, -0.15) is 8.78 Å². The van der Waals surface area contributed by atoms with Crippen molar-refractivity contribution in [1.29, 1.82) is 0 Å². The largest absolute Gasteiger partial charge is 0.429 e. The zero-order valence-electron chi connectivity index (χ0n) is 22.0. The summed E-state index contributed by atoms with van der Waals surface area (Å²) in [6.07, 6.45) is -3.69. The van der Waals surface area contributed by atoms with E-state index in [-0.39, 0.29) is 28.5 Å². The van der Waals surface area contributed by atoms with Gasteiger partial charge in [0.2, 0.25) is 0 Å². The lowest BCUT2D eigenvalue weighted by Crippen LogP contribution is -2.24. The second kappa shape index (κ2) is 11.3. The molecule has 0 aliphatic rings. The van der Waals surface area contributed by atoms with Crippen LogP contribution in [-0.4, -0.2) is 0 Å². The molecule has 1 nitrogen and oxygen atoms in total. The predicted molar refractivity (Wildman–Crippen MR) is 139 cm³/mol. The molecule has 0 aliphatic carbocycles. The molecule has 0 heterocycles. The van der Waals surface area contributed by atoms with Crippen LogP contribution < -0.4 is 4.74 Å². The topological polar surface area (TPSA) is 9.23 Å². The lowest BCUT2D eigenvalue weighted by atomic mass is 9.98. The normalized spacial score (nSPS) is 11.8. The summed E-state index contributed by atoms with van der Waals surface area (Å²) in [4.78, 5) is 0. The highest BCUT2D eigenvalue weighted by Gasteiger charge is 2.40. The summed E-state index contributed by atoms with van der Waals surface area (Å²) in [5.41, 5.74) is -2.81. The average Bonchev–Trinajstić information content (AvgIpc) is 2.96. The molecule has 5 rings (SSSR count). The zero-order valence-corrected chi connectivity index (χ0v) is 22.0. The van der Waals surface area contributed by atoms with E-state index in [2.05, 4.69) is 4.74 Å². The van der Waals surface area contributed by atoms with Gasteiger partial charge in [0.1, 0.15) is 17.1 Å². The Morgan fingerprint density at radius 1 is 0.581 bits per heavy atom. The first-order valence-electron chi connectivity index (χ1n) is 12.7. The van der Waals surface area contributed by atoms with E-state index in [0.29, 0.717) is 24.6 Å². The first-order valence-corrected chi connectivity index (χ1v) is 12.7. The van der Waals surface area contributed by atoms with Gasteiger partial charge in [0.15, 0.2) is 40.7 Å². The van der Waals surface area contributed by atoms with Gasteiger partial charge in [-0.1, -0.05) is 49.7 Å². The van der Waals surface area contributed by atoms with Crippen LogP contribution in [0.2, 0.25) is 0 Å². The van der Waals surface area contributed by atoms with Crippen molar-refractivity contribution in [3.8, 4) is 28.0 Å². The third-order valence-electron chi connectivity index (χ3n) is 6.82. The summed E-state index contributed by atoms with van der Waals surface area (Å²) < 4.78 is 149. The molecule has 0 atom stereocenters. The second-order valence-electron chi connectivity index (χ2n) is 9.62. The molecule has 0 amide bonds. The highest BCUT2D eigenvalue weighted by atomic mass is 19.3. The number of benzene rings is 5. The third-order valence-corrected chi connectivity index (χ3v) is 6.82. The quantitative estimate of drug-likeness (QED) is 0.132. The van der Waals surface area contributed by atoms with E-state index in [1.54, 1.807) is 6.92 Å². The number of rotatable bonds is 7. The minimum atomic E-state index is -4.43. The SMILES string of the molecule is CCCc1ccc2cc(C(F)(F)Oc3ccc(-c4ccc(-c5cc(F)c(F)c(F)c5)c(F)c4F)cc3)c(F)c(F)c2c1F. The molecule has 0 saturated heterocycles. The Kier molecular flexibility index (Phi) is 7.85. The van der Waals surface area contributed by atoms with Gasteiger partial charge in [-0.25, -0.2) is 35.1 Å². The Morgan fingerprint density at radius 3 is 1.74 bits per heavy atom. The van der Waals surface area contributed by atoms with Crippen LogP contribution >= 0.6 is 0 Å². The Hall–Kier alpha value is -4.54. The number of halogens is 10. The van der Waals surface area contributed by atoms with E-state index in [1.807, 2.05) is 0 Å². The first-order chi connectivity index (χ1) is 20.3. The highest BCUT2D eigenvalue weighted by Crippen LogP contribution is 2.39. The molecule has 0 bridgehead atoms. The summed E-state index contributed by atoms with van der Waals surface area (Å²) in [6.45, 7) is 1.75. The molecule has 0 radical (unpaired) electrons. The Bertz CT molecular complexity index is 1840. The van der Waals surface area contributed by atoms with E-state index in [4.69, 9.17) is 0 Å². The number of hydrogen-bond donors (Lipinski definition) is 0. The molecule has 11 heteroatoms. The van der Waals surface area contributed by atoms with Gasteiger partial charge in [-0.05, 0) is 58.8 Å². The predicted octanol–water partition coefficient (Wildman–Crippen LogP) is 10.4. The molecular weight excluding hydrogens is 590 g/mol. The van der Waals surface area contributed by atoms with Crippen LogP contribution in [-0.2, 0) is 12.5 Å². The monoisotopic (exact) mass is 608 g/mol. The summed E-state index contributed by atoms with van der Waals surface area (Å²) in [6, 6.07) is 10.1. The van der Waals surface area contributed by atoms with Gasteiger partial charge in [-0.15, -0.1) is 0 Å². The fourth-order valence-electron chi connectivity index (χ4n) is 4.71. The van der Waals surface area contributed by atoms with Crippen LogP contribution in [0.1, 0.15) is 24.5 Å². The van der Waals surface area contributed by atoms with E-state index in [9.17, 15) is 35.1 Å². The van der Waals surface area contributed by atoms with Crippen molar-refractivity contribution in [1.82, 2.24) is 0 Å². The van der Waals surface area contributed by atoms with E-state index in [1.165, 1.54) is 12.1 Å². The molecule has 0 aliphatic heterocycles. The number of alkyl halides is 2. The molecule has 0 spiro atoms. The lowest BCUT2D eigenvalue weighted by molar-refractivity contribution is -0.187. The number of aryl methyl sites for hydroxylation is 1. The van der Waals surface area contributed by atoms with Crippen molar-refractivity contribution in [2.24, 2.45) is 0 Å². The Balaban J connectivity index is 1.43. The summed E-state index contributed by atoms with van der Waals surface area (Å²) in [7, 11) is 0. The van der Waals surface area contributed by atoms with Crippen LogP contribution in [0, 0.1) is 46.5 Å². The van der Waals surface area contributed by atoms with Gasteiger partial charge >= 0.3 is 6.11 Å². The van der Waals surface area contributed by atoms with Crippen LogP contribution in [0.5, 0.6) is 5.75 Å². The van der Waals surface area contributed by atoms with Crippen molar-refractivity contribution >= 4 is 10.8 Å². The van der Waals surface area contributed by atoms with Gasteiger partial charge in [0.05, 0.1) is 5.39 Å². The molecule has 5 aromatic rings. The lowest BCUT2D eigenvalue weighted by Gasteiger charge is -2.20. The van der Waals surface area contributed by atoms with Gasteiger partial charge < -0.3 is 4.74 Å². The number of fused-ring (bicyclic) bond motifs is 1. The molecule has 5 aromatic carbocycles. The number of hydrogen-bond acceptors (Lipinski definition) is 1. The minimum absolute atomic E-state index is 0.0311. The van der Waals surface area contributed by atoms with Crippen LogP contribution in [0.3, 0.4) is 0 Å². The van der Waals surface area contributed by atoms with Gasteiger partial charge in [0, 0.05) is 11.1 Å². The van der Waals surface area contributed by atoms with E-state index < -0.39 is 80.5 Å². The molecule has 222 valence electrons. The average molecular weight is 608 g/mol. The second-order valence-corrected chi connectivity index (χ2v) is 9.62. The van der Waals surface area contributed by atoms with Crippen molar-refractivity contribution in [3.63, 3.8) is 0 Å². The first kappa shape index (κ1) is 29.9. The Labute approximate surface area is 238 Å². The molecule has 0 saturated carbocycles. The summed E-state index contributed by atoms with van der Waals surface area (Å²) in [5, 5.41) is -1.07. The number of ether oxygens (including phenoxy) is 1. The Morgan fingerprint density at radius 2 is 1.16 bits per heavy atom. The third kappa shape index (κ3) is 5.39. The van der Waals surface area contributed by atoms with Crippen LogP contribution in [0.4, 0.5) is 43.9 Å². The molecule has 43 heavy (non-hydrogen) atoms. The van der Waals surface area contributed by atoms with E-state index in [0.717, 1.165) is 36.4 Å². The summed E-state index contributed by atoms with van der Waals surface area (Å²) in [5.74, 6) is -13.4. The zero-order chi connectivity index (χ0) is 31.2. The summed E-state index contributed by atoms with van der Waals surface area (Å²) >= 11 is 0. The van der Waals surface area contributed by atoms with Crippen molar-refractivity contribution in [2.75, 3.05) is 0 Å². The maximum atomic E-state index is 15.0. The molecule has 0 unspecified atom stereocenters. The van der Waals surface area contributed by atoms with Gasteiger partial charge in [-0.3, -0.25) is 0 Å². The van der Waals surface area contributed by atoms with Crippen molar-refractivity contribution < 1.29 is 48.6 Å². The maximum absolute atomic E-state index is 15.0. The van der Waals surface area contributed by atoms with Crippen LogP contribution in [0.25, 0.3) is 33.0 Å². The molecule has 0 fully saturated rings. The fourth-order valence-corrected chi connectivity index (χ4v) is 4.71. The smallest absolute Gasteiger partial charge is 0.429 e. The van der Waals surface area contributed by atoms with Crippen molar-refractivity contribution in [3.05, 3.63) is 124 Å². The standard InChI is InChI=1S/C32H18F10O/c1-2-3-16-4-5-17-12-22(29(38)31(40)25(17)26(16)35)32(41,42)43-19-8-6-15(7-9-19)20-10-11-21(28(37)27(20)36)18-13-23(33)30(39)24(34)14-18/h4-14H,2-3H2,1H3. The minimum Gasteiger partial charge on any atom is -0.429 e.